The van der Waals surface area contributed by atoms with Crippen molar-refractivity contribution in [3.8, 4) is 0 Å². The van der Waals surface area contributed by atoms with E-state index in [1.807, 2.05) is 20.8 Å². The number of anilines is 1. The number of nitrogens with zero attached hydrogens (tertiary/aromatic N) is 5. The Balaban J connectivity index is 1.18. The van der Waals surface area contributed by atoms with Crippen LogP contribution in [0.4, 0.5) is 23.8 Å². The van der Waals surface area contributed by atoms with Gasteiger partial charge < -0.3 is 24.5 Å². The van der Waals surface area contributed by atoms with Crippen LogP contribution in [-0.4, -0.2) is 94.2 Å². The highest BCUT2D eigenvalue weighted by molar-refractivity contribution is 7.18. The molecule has 8 nitrogen and oxygen atoms in total. The van der Waals surface area contributed by atoms with Crippen molar-refractivity contribution in [1.82, 2.24) is 19.8 Å². The molecule has 3 fully saturated rings. The molecular weight excluding hydrogens is 519 g/mol. The third-order valence-corrected chi connectivity index (χ3v) is 8.83. The minimum absolute atomic E-state index is 0.253. The standard InChI is InChI=1S/C26H36F3N5O3S/c1-24(2,3)37-23(35)33-8-5-25(36,6-9-33)15-32-7-4-17-13-34(14-18(17)12-32)21-20-10-19(11-26(27,28)29)38-22(20)31-16-30-21/h10,16-18,36H,4-9,11-15H2,1-3H3/t17-,18+/m1/s1. The fourth-order valence-electron chi connectivity index (χ4n) is 6.00. The van der Waals surface area contributed by atoms with Crippen molar-refractivity contribution < 1.29 is 27.8 Å². The van der Waals surface area contributed by atoms with Crippen LogP contribution in [0.1, 0.15) is 44.9 Å². The molecule has 1 N–H and O–H groups in total. The molecule has 3 aliphatic rings. The van der Waals surface area contributed by atoms with Crippen LogP contribution in [-0.2, 0) is 11.2 Å². The van der Waals surface area contributed by atoms with E-state index in [0.717, 1.165) is 43.9 Å². The summed E-state index contributed by atoms with van der Waals surface area (Å²) in [6, 6.07) is 1.59. The lowest BCUT2D eigenvalue weighted by Crippen LogP contribution is -2.54. The van der Waals surface area contributed by atoms with Crippen LogP contribution < -0.4 is 4.90 Å². The first-order valence-corrected chi connectivity index (χ1v) is 14.1. The molecule has 0 aliphatic carbocycles. The molecule has 0 radical (unpaired) electrons. The van der Waals surface area contributed by atoms with Gasteiger partial charge in [0.25, 0.3) is 0 Å². The number of rotatable bonds is 4. The molecule has 2 aromatic rings. The summed E-state index contributed by atoms with van der Waals surface area (Å²) in [5, 5.41) is 12.0. The second kappa shape index (κ2) is 10.1. The maximum Gasteiger partial charge on any atom is 0.410 e. The SMILES string of the molecule is CC(C)(C)OC(=O)N1CCC(O)(CN2CC[C@@H]3CN(c4ncnc5sc(CC(F)(F)F)cc45)C[C@@H]3C2)CC1. The molecule has 1 amide bonds. The fraction of sp³-hybridized carbons (Fsp3) is 0.731. The van der Waals surface area contributed by atoms with E-state index >= 15 is 0 Å². The van der Waals surface area contributed by atoms with Crippen LogP contribution in [0, 0.1) is 11.8 Å². The van der Waals surface area contributed by atoms with Gasteiger partial charge in [-0.05, 0) is 64.5 Å². The van der Waals surface area contributed by atoms with Gasteiger partial charge in [-0.1, -0.05) is 0 Å². The number of thiophene rings is 1. The van der Waals surface area contributed by atoms with Crippen LogP contribution in [0.25, 0.3) is 10.2 Å². The van der Waals surface area contributed by atoms with Gasteiger partial charge in [-0.25, -0.2) is 14.8 Å². The lowest BCUT2D eigenvalue weighted by molar-refractivity contribution is -0.126. The first kappa shape index (κ1) is 27.4. The Morgan fingerprint density at radius 1 is 1.13 bits per heavy atom. The molecular formula is C26H36F3N5O3S. The summed E-state index contributed by atoms with van der Waals surface area (Å²) in [7, 11) is 0. The summed E-state index contributed by atoms with van der Waals surface area (Å²) in [6.07, 6.45) is -2.07. The quantitative estimate of drug-likeness (QED) is 0.602. The Hall–Kier alpha value is -2.18. The topological polar surface area (TPSA) is 82.0 Å². The molecule has 2 atom stereocenters. The number of ether oxygens (including phenoxy) is 1. The Labute approximate surface area is 224 Å². The molecule has 0 unspecified atom stereocenters. The monoisotopic (exact) mass is 555 g/mol. The van der Waals surface area contributed by atoms with Gasteiger partial charge in [0.15, 0.2) is 0 Å². The van der Waals surface area contributed by atoms with E-state index in [9.17, 15) is 23.1 Å². The van der Waals surface area contributed by atoms with E-state index in [4.69, 9.17) is 4.74 Å². The number of carbonyl (C=O) groups is 1. The number of piperidine rings is 2. The number of aromatic nitrogens is 2. The summed E-state index contributed by atoms with van der Waals surface area (Å²) in [5.74, 6) is 1.59. The summed E-state index contributed by atoms with van der Waals surface area (Å²) < 4.78 is 44.3. The van der Waals surface area contributed by atoms with Crippen molar-refractivity contribution in [1.29, 1.82) is 0 Å². The normalized spacial score (nSPS) is 24.6. The Morgan fingerprint density at radius 2 is 1.84 bits per heavy atom. The van der Waals surface area contributed by atoms with Crippen molar-refractivity contribution in [2.75, 3.05) is 50.7 Å². The van der Waals surface area contributed by atoms with Crippen molar-refractivity contribution in [3.63, 3.8) is 0 Å². The summed E-state index contributed by atoms with van der Waals surface area (Å²) in [5.41, 5.74) is -1.38. The van der Waals surface area contributed by atoms with Crippen LogP contribution in [0.15, 0.2) is 12.4 Å². The first-order valence-electron chi connectivity index (χ1n) is 13.2. The van der Waals surface area contributed by atoms with Gasteiger partial charge in [-0.3, -0.25) is 0 Å². The van der Waals surface area contributed by atoms with E-state index in [0.29, 0.717) is 60.3 Å². The number of carbonyl (C=O) groups excluding carboxylic acids is 1. The van der Waals surface area contributed by atoms with Crippen LogP contribution in [0.5, 0.6) is 0 Å². The van der Waals surface area contributed by atoms with Crippen molar-refractivity contribution in [2.24, 2.45) is 11.8 Å². The zero-order chi connectivity index (χ0) is 27.3. The number of fused-ring (bicyclic) bond motifs is 2. The fourth-order valence-corrected chi connectivity index (χ4v) is 7.02. The van der Waals surface area contributed by atoms with Gasteiger partial charge in [0.2, 0.25) is 0 Å². The highest BCUT2D eigenvalue weighted by Crippen LogP contribution is 2.39. The van der Waals surface area contributed by atoms with Crippen LogP contribution in [0.3, 0.4) is 0 Å². The molecule has 3 saturated heterocycles. The molecule has 5 heterocycles. The summed E-state index contributed by atoms with van der Waals surface area (Å²) in [4.78, 5) is 28.1. The molecule has 38 heavy (non-hydrogen) atoms. The Kier molecular flexibility index (Phi) is 7.27. The second-order valence-electron chi connectivity index (χ2n) is 12.1. The molecule has 0 aromatic carbocycles. The summed E-state index contributed by atoms with van der Waals surface area (Å²) >= 11 is 1.08. The number of aliphatic hydroxyl groups is 1. The molecule has 0 spiro atoms. The average molecular weight is 556 g/mol. The maximum atomic E-state index is 12.9. The van der Waals surface area contributed by atoms with E-state index in [1.165, 1.54) is 6.33 Å². The average Bonchev–Trinajstić information content (AvgIpc) is 3.39. The third kappa shape index (κ3) is 6.34. The van der Waals surface area contributed by atoms with E-state index in [2.05, 4.69) is 19.8 Å². The minimum atomic E-state index is -4.25. The van der Waals surface area contributed by atoms with Gasteiger partial charge in [-0.15, -0.1) is 11.3 Å². The smallest absolute Gasteiger partial charge is 0.410 e. The van der Waals surface area contributed by atoms with E-state index in [1.54, 1.807) is 11.0 Å². The van der Waals surface area contributed by atoms with Crippen molar-refractivity contribution in [2.45, 2.75) is 63.8 Å². The second-order valence-corrected chi connectivity index (χ2v) is 13.2. The molecule has 210 valence electrons. The number of amides is 1. The first-order chi connectivity index (χ1) is 17.8. The lowest BCUT2D eigenvalue weighted by Gasteiger charge is -2.43. The van der Waals surface area contributed by atoms with Crippen molar-refractivity contribution >= 4 is 33.5 Å². The Morgan fingerprint density at radius 3 is 2.53 bits per heavy atom. The largest absolute Gasteiger partial charge is 0.444 e. The molecule has 3 aliphatic heterocycles. The third-order valence-electron chi connectivity index (χ3n) is 7.78. The number of alkyl halides is 3. The van der Waals surface area contributed by atoms with Gasteiger partial charge in [0.05, 0.1) is 17.4 Å². The van der Waals surface area contributed by atoms with E-state index in [-0.39, 0.29) is 11.0 Å². The molecule has 12 heteroatoms. The minimum Gasteiger partial charge on any atom is -0.444 e. The predicted molar refractivity (Wildman–Crippen MR) is 139 cm³/mol. The van der Waals surface area contributed by atoms with Crippen molar-refractivity contribution in [3.05, 3.63) is 17.3 Å². The zero-order valence-electron chi connectivity index (χ0n) is 22.1. The lowest BCUT2D eigenvalue weighted by atomic mass is 9.86. The number of halogens is 3. The zero-order valence-corrected chi connectivity index (χ0v) is 22.9. The van der Waals surface area contributed by atoms with Gasteiger partial charge in [0, 0.05) is 44.1 Å². The highest BCUT2D eigenvalue weighted by Gasteiger charge is 2.42. The number of hydrogen-bond acceptors (Lipinski definition) is 8. The summed E-state index contributed by atoms with van der Waals surface area (Å²) in [6.45, 7) is 10.4. The Bertz CT molecular complexity index is 1160. The van der Waals surface area contributed by atoms with Gasteiger partial charge in [0.1, 0.15) is 22.6 Å². The molecule has 0 saturated carbocycles. The van der Waals surface area contributed by atoms with Gasteiger partial charge in [-0.2, -0.15) is 13.2 Å². The highest BCUT2D eigenvalue weighted by atomic mass is 32.1. The molecule has 0 bridgehead atoms. The van der Waals surface area contributed by atoms with Crippen LogP contribution in [0.2, 0.25) is 0 Å². The predicted octanol–water partition coefficient (Wildman–Crippen LogP) is 4.32. The van der Waals surface area contributed by atoms with Gasteiger partial charge >= 0.3 is 12.3 Å². The molecule has 2 aromatic heterocycles. The maximum absolute atomic E-state index is 12.9. The van der Waals surface area contributed by atoms with E-state index < -0.39 is 23.8 Å². The number of likely N-dealkylation sites (tertiary alicyclic amines) is 2. The number of hydrogen-bond donors (Lipinski definition) is 1. The number of β-amino-alcohol motifs (C(OH)–C–C–N with tert-alkyl or cyclic N) is 1. The molecule has 5 rings (SSSR count). The van der Waals surface area contributed by atoms with Crippen LogP contribution >= 0.6 is 11.3 Å².